The summed E-state index contributed by atoms with van der Waals surface area (Å²) in [6.45, 7) is 15.0. The predicted molar refractivity (Wildman–Crippen MR) is 509 cm³/mol. The van der Waals surface area contributed by atoms with Crippen molar-refractivity contribution in [1.29, 1.82) is 0 Å². The van der Waals surface area contributed by atoms with Crippen molar-refractivity contribution in [2.45, 2.75) is 301 Å². The molecule has 0 heterocycles. The lowest BCUT2D eigenvalue weighted by atomic mass is 9.98. The van der Waals surface area contributed by atoms with Crippen LogP contribution in [0.15, 0.2) is 91.0 Å². The van der Waals surface area contributed by atoms with Gasteiger partial charge in [-0.25, -0.2) is 0 Å². The maximum absolute atomic E-state index is 14.8. The highest BCUT2D eigenvalue weighted by atomic mass is 16.2. The van der Waals surface area contributed by atoms with E-state index in [1.54, 1.807) is 126 Å². The molecule has 134 heavy (non-hydrogen) atoms. The second kappa shape index (κ2) is 65.1. The van der Waals surface area contributed by atoms with Crippen molar-refractivity contribution >= 4 is 100 Å². The SMILES string of the molecule is CC[C@H](C)[C@H](NC(=O)CN)C(=O)NCC(=O)N[C@@H](CCCCN)C(=O)N[C@@H](Cc1ccccc1)C(=O)N[C@@H](CC(C)C)C(=O)N[C@@H](CCCCN)C(=O)N[C@@H](CCCCN)C(=O)N[C@@H](C)C(=O)N[C@@H](CCCCN)C(=O)N[C@@H](CCCCN)C(=O)N[C@@H](Cc1ccccc1)C(=O)N[C@@H](C)C(=O)N[C@@H](CCCCN)C(=O)N[C@@H](C)C(=O)N[C@@H](Cc1ccccc1)C(=O)N[C@H](C(N)=O)C(C)C. The molecule has 3 aromatic carbocycles. The fourth-order valence-electron chi connectivity index (χ4n) is 14.4. The van der Waals surface area contributed by atoms with Crippen LogP contribution in [0.3, 0.4) is 0 Å². The summed E-state index contributed by atoms with van der Waals surface area (Å²) >= 11 is 0. The minimum Gasteiger partial charge on any atom is -0.368 e. The molecule has 0 saturated heterocycles. The Balaban J connectivity index is 1.92. The van der Waals surface area contributed by atoms with Crippen LogP contribution in [-0.4, -0.2) is 243 Å². The number of rotatable bonds is 68. The number of hydrogen-bond donors (Lipinski definition) is 24. The Labute approximate surface area is 787 Å². The van der Waals surface area contributed by atoms with Crippen LogP contribution in [0.1, 0.15) is 207 Å². The Morgan fingerprint density at radius 1 is 0.269 bits per heavy atom. The number of carbonyl (C=O) groups excluding carboxylic acids is 17. The van der Waals surface area contributed by atoms with Crippen LogP contribution < -0.4 is 131 Å². The van der Waals surface area contributed by atoms with Crippen LogP contribution in [0.25, 0.3) is 0 Å². The lowest BCUT2D eigenvalue weighted by Gasteiger charge is -2.28. The monoisotopic (exact) mass is 1880 g/mol. The molecule has 0 spiro atoms. The number of benzene rings is 3. The van der Waals surface area contributed by atoms with E-state index in [1.807, 2.05) is 6.92 Å². The first-order valence-electron chi connectivity index (χ1n) is 47.0. The molecule has 0 radical (unpaired) electrons. The Morgan fingerprint density at radius 2 is 0.522 bits per heavy atom. The highest BCUT2D eigenvalue weighted by Gasteiger charge is 2.39. The lowest BCUT2D eigenvalue weighted by Crippen LogP contribution is -2.61. The van der Waals surface area contributed by atoms with E-state index in [1.165, 1.54) is 20.8 Å². The molecule has 0 aromatic heterocycles. The van der Waals surface area contributed by atoms with Gasteiger partial charge in [-0.3, -0.25) is 81.5 Å². The van der Waals surface area contributed by atoms with E-state index in [0.717, 1.165) is 0 Å². The highest BCUT2D eigenvalue weighted by Crippen LogP contribution is 2.17. The molecule has 3 aromatic rings. The van der Waals surface area contributed by atoms with Gasteiger partial charge in [-0.05, 0) is 216 Å². The summed E-state index contributed by atoms with van der Waals surface area (Å²) in [6, 6.07) is 6.54. The maximum Gasteiger partial charge on any atom is 0.243 e. The van der Waals surface area contributed by atoms with Gasteiger partial charge in [0.25, 0.3) is 0 Å². The summed E-state index contributed by atoms with van der Waals surface area (Å²) in [5.41, 5.74) is 48.3. The van der Waals surface area contributed by atoms with E-state index in [9.17, 15) is 81.5 Å². The summed E-state index contributed by atoms with van der Waals surface area (Å²) in [5.74, 6) is -14.2. The van der Waals surface area contributed by atoms with Gasteiger partial charge in [0.1, 0.15) is 90.6 Å². The van der Waals surface area contributed by atoms with Crippen molar-refractivity contribution in [2.24, 2.45) is 63.6 Å². The van der Waals surface area contributed by atoms with Crippen LogP contribution in [0, 0.1) is 17.8 Å². The normalized spacial score (nSPS) is 14.8. The van der Waals surface area contributed by atoms with E-state index in [-0.39, 0.29) is 122 Å². The molecule has 16 atom stereocenters. The molecule has 0 unspecified atom stereocenters. The van der Waals surface area contributed by atoms with E-state index in [2.05, 4.69) is 85.1 Å². The minimum absolute atomic E-state index is 0.00160. The second-order valence-corrected chi connectivity index (χ2v) is 34.8. The van der Waals surface area contributed by atoms with Crippen molar-refractivity contribution < 1.29 is 81.5 Å². The number of primary amides is 1. The molecule has 0 saturated carbocycles. The molecule has 0 aliphatic heterocycles. The van der Waals surface area contributed by atoms with Gasteiger partial charge in [0.05, 0.1) is 13.1 Å². The molecule has 41 heteroatoms. The van der Waals surface area contributed by atoms with Gasteiger partial charge in [0.2, 0.25) is 100 Å². The molecular weight excluding hydrogens is 1730 g/mol. The number of carbonyl (C=O) groups is 17. The lowest BCUT2D eigenvalue weighted by molar-refractivity contribution is -0.136. The number of nitrogens with one attached hydrogen (secondary N) is 16. The van der Waals surface area contributed by atoms with Gasteiger partial charge in [0, 0.05) is 19.3 Å². The third kappa shape index (κ3) is 44.9. The van der Waals surface area contributed by atoms with Crippen LogP contribution in [-0.2, 0) is 101 Å². The quantitative estimate of drug-likeness (QED) is 0.0253. The van der Waals surface area contributed by atoms with E-state index in [0.29, 0.717) is 100 Å². The third-order valence-electron chi connectivity index (χ3n) is 22.5. The smallest absolute Gasteiger partial charge is 0.243 e. The van der Waals surface area contributed by atoms with Crippen LogP contribution in [0.2, 0.25) is 0 Å². The molecule has 41 nitrogen and oxygen atoms in total. The minimum atomic E-state index is -1.42. The molecule has 748 valence electrons. The largest absolute Gasteiger partial charge is 0.368 e. The van der Waals surface area contributed by atoms with Crippen LogP contribution in [0.5, 0.6) is 0 Å². The molecule has 17 amide bonds. The zero-order valence-corrected chi connectivity index (χ0v) is 79.5. The topological polar surface area (TPSA) is 691 Å². The fraction of sp³-hybridized carbons (Fsp3) is 0.624. The van der Waals surface area contributed by atoms with Gasteiger partial charge in [-0.1, -0.05) is 139 Å². The fourth-order valence-corrected chi connectivity index (χ4v) is 14.4. The summed E-state index contributed by atoms with van der Waals surface area (Å²) in [4.78, 5) is 239. The van der Waals surface area contributed by atoms with Crippen molar-refractivity contribution in [3.05, 3.63) is 108 Å². The van der Waals surface area contributed by atoms with Crippen molar-refractivity contribution in [2.75, 3.05) is 52.4 Å². The highest BCUT2D eigenvalue weighted by molar-refractivity contribution is 6.01. The molecule has 32 N–H and O–H groups in total. The van der Waals surface area contributed by atoms with Crippen LogP contribution >= 0.6 is 0 Å². The number of unbranched alkanes of at least 4 members (excludes halogenated alkanes) is 6. The van der Waals surface area contributed by atoms with Gasteiger partial charge in [-0.2, -0.15) is 0 Å². The van der Waals surface area contributed by atoms with E-state index in [4.69, 9.17) is 45.9 Å². The Morgan fingerprint density at radius 3 is 0.806 bits per heavy atom. The van der Waals surface area contributed by atoms with Crippen molar-refractivity contribution in [1.82, 2.24) is 85.1 Å². The first-order chi connectivity index (χ1) is 63.9. The van der Waals surface area contributed by atoms with Gasteiger partial charge in [0.15, 0.2) is 0 Å². The van der Waals surface area contributed by atoms with Gasteiger partial charge < -0.3 is 131 Å². The summed E-state index contributed by atoms with van der Waals surface area (Å²) in [6.07, 6.45) is 4.76. The first kappa shape index (κ1) is 117. The molecular formula is C93H154N24O17. The predicted octanol–water partition coefficient (Wildman–Crippen LogP) is -2.87. The van der Waals surface area contributed by atoms with Crippen molar-refractivity contribution in [3.63, 3.8) is 0 Å². The molecule has 0 aliphatic rings. The Bertz CT molecular complexity index is 4160. The number of nitrogens with two attached hydrogens (primary N) is 8. The average Bonchev–Trinajstić information content (AvgIpc) is 0.859. The zero-order valence-electron chi connectivity index (χ0n) is 79.5. The second-order valence-electron chi connectivity index (χ2n) is 34.8. The number of amides is 17. The average molecular weight is 1880 g/mol. The van der Waals surface area contributed by atoms with Crippen LogP contribution in [0.4, 0.5) is 0 Å². The molecule has 0 fully saturated rings. The van der Waals surface area contributed by atoms with Gasteiger partial charge >= 0.3 is 0 Å². The van der Waals surface area contributed by atoms with E-state index < -0.39 is 204 Å². The van der Waals surface area contributed by atoms with Crippen molar-refractivity contribution in [3.8, 4) is 0 Å². The summed E-state index contributed by atoms with van der Waals surface area (Å²) < 4.78 is 0. The molecule has 0 aliphatic carbocycles. The third-order valence-corrected chi connectivity index (χ3v) is 22.5. The van der Waals surface area contributed by atoms with Gasteiger partial charge in [-0.15, -0.1) is 0 Å². The maximum atomic E-state index is 14.8. The summed E-state index contributed by atoms with van der Waals surface area (Å²) in [5, 5.41) is 43.0. The molecule has 3 rings (SSSR count). The van der Waals surface area contributed by atoms with E-state index >= 15 is 0 Å². The standard InChI is InChI=1S/C93H154N24O17/c1-10-58(6)78(116-75(118)54-100)93(134)102-55-76(119)106-65(38-20-26-44-94)85(126)115-73(52-63-34-16-12-17-35-63)91(132)113-71(50-56(2)3)90(131)111-69(42-24-30-48-98)87(128)109-67(40-22-28-46-96)84(125)103-59(7)80(121)108-68(41-23-29-47-97)86(127)110-70(43-25-31-49-99)88(129)114-72(51-62-32-14-11-15-33-62)89(130)105-60(8)81(122)107-66(39-21-27-45-95)83(124)104-61(9)82(123)112-74(53-64-36-18-13-19-37-64)92(133)117-77(57(4)5)79(101)120/h11-19,32-37,56-61,65-74,77-78H,10,20-31,38-55,94-100H2,1-9H3,(H2,101,120)(H,102,134)(H,103,125)(H,104,124)(H,105,130)(H,106,119)(H,107,122)(H,108,121)(H,109,128)(H,110,127)(H,111,131)(H,112,123)(H,113,132)(H,114,129)(H,115,126)(H,116,118)(H,117,133)/t58-,59-,60-,61-,65-,66-,67-,68-,69-,70-,71-,72-,73-,74-,77-,78-/m0/s1. The summed E-state index contributed by atoms with van der Waals surface area (Å²) in [7, 11) is 0. The zero-order chi connectivity index (χ0) is 99.8. The Hall–Kier alpha value is -11.6. The number of hydrogen-bond acceptors (Lipinski definition) is 24. The first-order valence-corrected chi connectivity index (χ1v) is 47.0. The molecule has 0 bridgehead atoms. The Kier molecular flexibility index (Phi) is 56.6.